The van der Waals surface area contributed by atoms with E-state index in [1.165, 1.54) is 0 Å². The average molecular weight is 238 g/mol. The number of nitrogens with zero attached hydrogens (tertiary/aromatic N) is 1. The van der Waals surface area contributed by atoms with Crippen molar-refractivity contribution in [2.75, 3.05) is 12.3 Å². The molecule has 0 saturated heterocycles. The third-order valence-electron chi connectivity index (χ3n) is 2.71. The summed E-state index contributed by atoms with van der Waals surface area (Å²) in [6.07, 6.45) is 2.54. The number of pyridine rings is 1. The maximum absolute atomic E-state index is 10.3. The van der Waals surface area contributed by atoms with Gasteiger partial charge in [-0.25, -0.2) is 4.98 Å². The highest BCUT2D eigenvalue weighted by Gasteiger charge is 2.23. The summed E-state index contributed by atoms with van der Waals surface area (Å²) < 4.78 is 5.56. The first kappa shape index (κ1) is 13.9. The van der Waals surface area contributed by atoms with Crippen LogP contribution in [0.1, 0.15) is 43.9 Å². The van der Waals surface area contributed by atoms with Gasteiger partial charge in [0, 0.05) is 18.4 Å². The van der Waals surface area contributed by atoms with Crippen LogP contribution in [0.15, 0.2) is 12.3 Å². The number of nitrogen functional groups attached to an aromatic ring is 1. The summed E-state index contributed by atoms with van der Waals surface area (Å²) in [5.74, 6) is 0.379. The van der Waals surface area contributed by atoms with Crippen molar-refractivity contribution in [1.29, 1.82) is 0 Å². The fourth-order valence-electron chi connectivity index (χ4n) is 1.87. The summed E-state index contributed by atoms with van der Waals surface area (Å²) in [4.78, 5) is 4.06. The standard InChI is InChI=1S/C13H22N2O2/c1-4-6-11(17-5-2)12(16)10-7-9(3)8-15-13(10)14/h7-8,11-12,16H,4-6H2,1-3H3,(H2,14,15). The Morgan fingerprint density at radius 2 is 2.18 bits per heavy atom. The number of anilines is 1. The van der Waals surface area contributed by atoms with Gasteiger partial charge in [0.2, 0.25) is 0 Å². The molecule has 4 nitrogen and oxygen atoms in total. The van der Waals surface area contributed by atoms with Crippen LogP contribution < -0.4 is 5.73 Å². The van der Waals surface area contributed by atoms with E-state index in [1.54, 1.807) is 6.20 Å². The van der Waals surface area contributed by atoms with E-state index in [4.69, 9.17) is 10.5 Å². The van der Waals surface area contributed by atoms with Crippen LogP contribution in [0.4, 0.5) is 5.82 Å². The van der Waals surface area contributed by atoms with Gasteiger partial charge in [-0.15, -0.1) is 0 Å². The minimum atomic E-state index is -0.706. The Labute approximate surface area is 103 Å². The summed E-state index contributed by atoms with van der Waals surface area (Å²) in [6, 6.07) is 1.87. The molecule has 2 unspecified atom stereocenters. The van der Waals surface area contributed by atoms with Crippen LogP contribution in [-0.4, -0.2) is 22.8 Å². The van der Waals surface area contributed by atoms with Gasteiger partial charge in [-0.2, -0.15) is 0 Å². The van der Waals surface area contributed by atoms with E-state index in [-0.39, 0.29) is 6.10 Å². The molecule has 0 radical (unpaired) electrons. The number of ether oxygens (including phenoxy) is 1. The molecule has 17 heavy (non-hydrogen) atoms. The van der Waals surface area contributed by atoms with E-state index < -0.39 is 6.10 Å². The van der Waals surface area contributed by atoms with Gasteiger partial charge < -0.3 is 15.6 Å². The summed E-state index contributed by atoms with van der Waals surface area (Å²) in [5, 5.41) is 10.3. The Bertz CT molecular complexity index is 349. The van der Waals surface area contributed by atoms with E-state index in [0.29, 0.717) is 18.0 Å². The van der Waals surface area contributed by atoms with Crippen LogP contribution in [0.25, 0.3) is 0 Å². The van der Waals surface area contributed by atoms with Gasteiger partial charge in [0.1, 0.15) is 11.9 Å². The van der Waals surface area contributed by atoms with E-state index in [1.807, 2.05) is 19.9 Å². The highest BCUT2D eigenvalue weighted by Crippen LogP contribution is 2.26. The van der Waals surface area contributed by atoms with Crippen molar-refractivity contribution in [3.63, 3.8) is 0 Å². The van der Waals surface area contributed by atoms with E-state index in [0.717, 1.165) is 18.4 Å². The number of aromatic nitrogens is 1. The van der Waals surface area contributed by atoms with Crippen LogP contribution in [-0.2, 0) is 4.74 Å². The van der Waals surface area contributed by atoms with Gasteiger partial charge in [-0.05, 0) is 31.9 Å². The molecular weight excluding hydrogens is 216 g/mol. The molecule has 4 heteroatoms. The number of hydrogen-bond acceptors (Lipinski definition) is 4. The second-order valence-corrected chi connectivity index (χ2v) is 4.21. The molecule has 1 rings (SSSR count). The molecule has 1 aromatic rings. The number of aliphatic hydroxyl groups is 1. The maximum Gasteiger partial charge on any atom is 0.129 e. The quantitative estimate of drug-likeness (QED) is 0.797. The zero-order valence-corrected chi connectivity index (χ0v) is 10.8. The topological polar surface area (TPSA) is 68.4 Å². The molecule has 0 amide bonds. The van der Waals surface area contributed by atoms with Crippen LogP contribution >= 0.6 is 0 Å². The van der Waals surface area contributed by atoms with Gasteiger partial charge in [-0.1, -0.05) is 13.3 Å². The van der Waals surface area contributed by atoms with Gasteiger partial charge in [0.15, 0.2) is 0 Å². The molecule has 0 aliphatic carbocycles. The molecule has 1 aromatic heterocycles. The van der Waals surface area contributed by atoms with Gasteiger partial charge in [0.25, 0.3) is 0 Å². The summed E-state index contributed by atoms with van der Waals surface area (Å²) in [6.45, 7) is 6.50. The molecule has 0 fully saturated rings. The lowest BCUT2D eigenvalue weighted by molar-refractivity contribution is -0.0382. The zero-order chi connectivity index (χ0) is 12.8. The molecule has 96 valence electrons. The van der Waals surface area contributed by atoms with E-state index in [2.05, 4.69) is 11.9 Å². The predicted molar refractivity (Wildman–Crippen MR) is 68.7 cm³/mol. The highest BCUT2D eigenvalue weighted by atomic mass is 16.5. The molecule has 2 atom stereocenters. The largest absolute Gasteiger partial charge is 0.386 e. The number of aryl methyl sites for hydroxylation is 1. The van der Waals surface area contributed by atoms with E-state index >= 15 is 0 Å². The maximum atomic E-state index is 10.3. The Morgan fingerprint density at radius 1 is 1.47 bits per heavy atom. The first-order valence-electron chi connectivity index (χ1n) is 6.11. The molecule has 0 aromatic carbocycles. The van der Waals surface area contributed by atoms with Crippen molar-refractivity contribution in [2.24, 2.45) is 0 Å². The Morgan fingerprint density at radius 3 is 2.76 bits per heavy atom. The predicted octanol–water partition coefficient (Wildman–Crippen LogP) is 2.21. The van der Waals surface area contributed by atoms with Gasteiger partial charge >= 0.3 is 0 Å². The van der Waals surface area contributed by atoms with Crippen LogP contribution in [0.2, 0.25) is 0 Å². The summed E-state index contributed by atoms with van der Waals surface area (Å²) >= 11 is 0. The molecular formula is C13H22N2O2. The Hall–Kier alpha value is -1.13. The van der Waals surface area contributed by atoms with Crippen molar-refractivity contribution >= 4 is 5.82 Å². The zero-order valence-electron chi connectivity index (χ0n) is 10.8. The molecule has 0 aliphatic heterocycles. The molecule has 0 saturated carbocycles. The minimum Gasteiger partial charge on any atom is -0.386 e. The molecule has 0 bridgehead atoms. The van der Waals surface area contributed by atoms with Crippen molar-refractivity contribution < 1.29 is 9.84 Å². The minimum absolute atomic E-state index is 0.212. The average Bonchev–Trinajstić information content (AvgIpc) is 2.31. The third kappa shape index (κ3) is 3.68. The fourth-order valence-corrected chi connectivity index (χ4v) is 1.87. The normalized spacial score (nSPS) is 14.6. The monoisotopic (exact) mass is 238 g/mol. The number of hydrogen-bond donors (Lipinski definition) is 2. The molecule has 3 N–H and O–H groups in total. The van der Waals surface area contributed by atoms with Gasteiger partial charge in [-0.3, -0.25) is 0 Å². The SMILES string of the molecule is CCCC(OCC)C(O)c1cc(C)cnc1N. The van der Waals surface area contributed by atoms with Crippen molar-refractivity contribution in [1.82, 2.24) is 4.98 Å². The highest BCUT2D eigenvalue weighted by molar-refractivity contribution is 5.42. The molecule has 1 heterocycles. The van der Waals surface area contributed by atoms with E-state index in [9.17, 15) is 5.11 Å². The van der Waals surface area contributed by atoms with Crippen molar-refractivity contribution in [2.45, 2.75) is 45.8 Å². The summed E-state index contributed by atoms with van der Waals surface area (Å²) in [7, 11) is 0. The van der Waals surface area contributed by atoms with Gasteiger partial charge in [0.05, 0.1) is 6.10 Å². The number of aliphatic hydroxyl groups excluding tert-OH is 1. The molecule has 0 aliphatic rings. The second-order valence-electron chi connectivity index (χ2n) is 4.21. The fraction of sp³-hybridized carbons (Fsp3) is 0.615. The van der Waals surface area contributed by atoms with Crippen molar-refractivity contribution in [3.8, 4) is 0 Å². The van der Waals surface area contributed by atoms with Crippen molar-refractivity contribution in [3.05, 3.63) is 23.4 Å². The lowest BCUT2D eigenvalue weighted by atomic mass is 10.0. The van der Waals surface area contributed by atoms with Crippen LogP contribution in [0, 0.1) is 6.92 Å². The summed E-state index contributed by atoms with van der Waals surface area (Å²) in [5.41, 5.74) is 7.44. The Kier molecular flexibility index (Phi) is 5.38. The first-order chi connectivity index (χ1) is 8.10. The smallest absolute Gasteiger partial charge is 0.129 e. The number of rotatable bonds is 6. The Balaban J connectivity index is 2.91. The lowest BCUT2D eigenvalue weighted by Gasteiger charge is -2.23. The first-order valence-corrected chi connectivity index (χ1v) is 6.11. The third-order valence-corrected chi connectivity index (χ3v) is 2.71. The van der Waals surface area contributed by atoms with Crippen LogP contribution in [0.3, 0.4) is 0 Å². The second kappa shape index (κ2) is 6.57. The van der Waals surface area contributed by atoms with Crippen LogP contribution in [0.5, 0.6) is 0 Å². The lowest BCUT2D eigenvalue weighted by Crippen LogP contribution is -2.23. The number of nitrogens with two attached hydrogens (primary N) is 1. The molecule has 0 spiro atoms.